The van der Waals surface area contributed by atoms with Gasteiger partial charge in [-0.25, -0.2) is 9.37 Å². The molecule has 2 aromatic carbocycles. The molecule has 29 heavy (non-hydrogen) atoms. The van der Waals surface area contributed by atoms with E-state index in [1.54, 1.807) is 36.4 Å². The highest BCUT2D eigenvalue weighted by Crippen LogP contribution is 2.34. The standard InChI is InChI=1S/C21H14Cl2FN3OS/c22-15-7-1-11(9-16(15)23)10-26-20(28)19-18(25)14-6-8-17(27-21(14)29-19)12-2-4-13(24)5-3-12/h1-9H,10,25H2,(H,26,28). The van der Waals surface area contributed by atoms with Gasteiger partial charge in [0.15, 0.2) is 0 Å². The van der Waals surface area contributed by atoms with Crippen molar-refractivity contribution in [2.75, 3.05) is 5.73 Å². The molecule has 3 N–H and O–H groups in total. The summed E-state index contributed by atoms with van der Waals surface area (Å²) >= 11 is 13.1. The molecule has 0 saturated heterocycles. The van der Waals surface area contributed by atoms with Crippen LogP contribution < -0.4 is 11.1 Å². The highest BCUT2D eigenvalue weighted by Gasteiger charge is 2.18. The molecule has 0 aliphatic carbocycles. The Hall–Kier alpha value is -2.67. The third-order valence-electron chi connectivity index (χ3n) is 4.38. The summed E-state index contributed by atoms with van der Waals surface area (Å²) < 4.78 is 13.1. The summed E-state index contributed by atoms with van der Waals surface area (Å²) in [6.07, 6.45) is 0. The van der Waals surface area contributed by atoms with E-state index in [1.165, 1.54) is 23.5 Å². The number of aromatic nitrogens is 1. The predicted molar refractivity (Wildman–Crippen MR) is 117 cm³/mol. The lowest BCUT2D eigenvalue weighted by atomic mass is 10.1. The summed E-state index contributed by atoms with van der Waals surface area (Å²) in [7, 11) is 0. The highest BCUT2D eigenvalue weighted by molar-refractivity contribution is 7.21. The van der Waals surface area contributed by atoms with Crippen molar-refractivity contribution in [2.24, 2.45) is 0 Å². The summed E-state index contributed by atoms with van der Waals surface area (Å²) in [6, 6.07) is 14.9. The number of anilines is 1. The quantitative estimate of drug-likeness (QED) is 0.409. The molecule has 0 aliphatic rings. The molecule has 8 heteroatoms. The first-order valence-corrected chi connectivity index (χ1v) is 10.2. The van der Waals surface area contributed by atoms with Gasteiger partial charge in [-0.2, -0.15) is 0 Å². The molecule has 1 amide bonds. The van der Waals surface area contributed by atoms with E-state index in [4.69, 9.17) is 28.9 Å². The van der Waals surface area contributed by atoms with E-state index in [-0.39, 0.29) is 18.3 Å². The monoisotopic (exact) mass is 445 g/mol. The molecule has 0 saturated carbocycles. The number of pyridine rings is 1. The third-order valence-corrected chi connectivity index (χ3v) is 6.23. The number of nitrogens with two attached hydrogens (primary N) is 1. The van der Waals surface area contributed by atoms with E-state index in [9.17, 15) is 9.18 Å². The lowest BCUT2D eigenvalue weighted by molar-refractivity contribution is 0.0956. The molecule has 0 spiro atoms. The van der Waals surface area contributed by atoms with E-state index in [1.807, 2.05) is 6.07 Å². The zero-order chi connectivity index (χ0) is 20.5. The number of amides is 1. The van der Waals surface area contributed by atoms with E-state index in [2.05, 4.69) is 10.3 Å². The van der Waals surface area contributed by atoms with E-state index in [0.717, 1.165) is 11.1 Å². The fourth-order valence-corrected chi connectivity index (χ4v) is 4.19. The number of carbonyl (C=O) groups excluding carboxylic acids is 1. The van der Waals surface area contributed by atoms with Gasteiger partial charge in [0.2, 0.25) is 0 Å². The molecule has 4 aromatic rings. The van der Waals surface area contributed by atoms with Crippen LogP contribution in [0.2, 0.25) is 10.0 Å². The number of thiophene rings is 1. The van der Waals surface area contributed by atoms with Gasteiger partial charge in [-0.3, -0.25) is 4.79 Å². The summed E-state index contributed by atoms with van der Waals surface area (Å²) in [5.74, 6) is -0.601. The van der Waals surface area contributed by atoms with Crippen LogP contribution in [0.3, 0.4) is 0 Å². The number of nitrogens with zero attached hydrogens (tertiary/aromatic N) is 1. The van der Waals surface area contributed by atoms with Crippen LogP contribution in [0.15, 0.2) is 54.6 Å². The Balaban J connectivity index is 1.58. The molecule has 0 aliphatic heterocycles. The number of rotatable bonds is 4. The summed E-state index contributed by atoms with van der Waals surface area (Å²) in [5, 5.41) is 4.43. The van der Waals surface area contributed by atoms with Crippen molar-refractivity contribution in [1.29, 1.82) is 0 Å². The van der Waals surface area contributed by atoms with Crippen molar-refractivity contribution in [3.8, 4) is 11.3 Å². The summed E-state index contributed by atoms with van der Waals surface area (Å²) in [5.41, 5.74) is 8.86. The lowest BCUT2D eigenvalue weighted by Gasteiger charge is -2.06. The normalized spacial score (nSPS) is 11.0. The van der Waals surface area contributed by atoms with Crippen molar-refractivity contribution < 1.29 is 9.18 Å². The molecule has 2 aromatic heterocycles. The van der Waals surface area contributed by atoms with Crippen LogP contribution in [0.25, 0.3) is 21.5 Å². The maximum Gasteiger partial charge on any atom is 0.263 e. The lowest BCUT2D eigenvalue weighted by Crippen LogP contribution is -2.22. The minimum absolute atomic E-state index is 0.289. The van der Waals surface area contributed by atoms with Gasteiger partial charge < -0.3 is 11.1 Å². The average molecular weight is 446 g/mol. The number of fused-ring (bicyclic) bond motifs is 1. The molecule has 2 heterocycles. The molecule has 4 nitrogen and oxygen atoms in total. The number of hydrogen-bond donors (Lipinski definition) is 2. The fraction of sp³-hybridized carbons (Fsp3) is 0.0476. The maximum absolute atomic E-state index is 13.1. The highest BCUT2D eigenvalue weighted by atomic mass is 35.5. The Kier molecular flexibility index (Phi) is 5.41. The number of nitrogen functional groups attached to an aromatic ring is 1. The Morgan fingerprint density at radius 3 is 2.55 bits per heavy atom. The molecular formula is C21H14Cl2FN3OS. The van der Waals surface area contributed by atoms with Crippen molar-refractivity contribution in [2.45, 2.75) is 6.54 Å². The molecule has 146 valence electrons. The van der Waals surface area contributed by atoms with E-state index in [0.29, 0.717) is 36.5 Å². The van der Waals surface area contributed by atoms with Crippen molar-refractivity contribution in [3.63, 3.8) is 0 Å². The van der Waals surface area contributed by atoms with Gasteiger partial charge in [-0.1, -0.05) is 29.3 Å². The number of nitrogens with one attached hydrogen (secondary N) is 1. The van der Waals surface area contributed by atoms with Crippen molar-refractivity contribution in [1.82, 2.24) is 10.3 Å². The minimum atomic E-state index is -0.309. The Labute approximate surface area is 180 Å². The van der Waals surface area contributed by atoms with Crippen LogP contribution in [-0.2, 0) is 6.54 Å². The zero-order valence-corrected chi connectivity index (χ0v) is 17.2. The van der Waals surface area contributed by atoms with Gasteiger partial charge in [-0.15, -0.1) is 11.3 Å². The minimum Gasteiger partial charge on any atom is -0.397 e. The molecular weight excluding hydrogens is 432 g/mol. The molecule has 0 radical (unpaired) electrons. The Morgan fingerprint density at radius 2 is 1.83 bits per heavy atom. The van der Waals surface area contributed by atoms with Crippen LogP contribution in [0.5, 0.6) is 0 Å². The van der Waals surface area contributed by atoms with Gasteiger partial charge in [0.1, 0.15) is 15.5 Å². The van der Waals surface area contributed by atoms with Gasteiger partial charge >= 0.3 is 0 Å². The summed E-state index contributed by atoms with van der Waals surface area (Å²) in [6.45, 7) is 0.289. The van der Waals surface area contributed by atoms with Crippen molar-refractivity contribution in [3.05, 3.63) is 80.9 Å². The number of halogens is 3. The molecule has 0 unspecified atom stereocenters. The molecule has 0 atom stereocenters. The van der Waals surface area contributed by atoms with E-state index < -0.39 is 0 Å². The van der Waals surface area contributed by atoms with Gasteiger partial charge in [0.05, 0.1) is 21.4 Å². The largest absolute Gasteiger partial charge is 0.397 e. The molecule has 4 rings (SSSR count). The first kappa shape index (κ1) is 19.6. The number of carbonyl (C=O) groups is 1. The fourth-order valence-electron chi connectivity index (χ4n) is 2.86. The first-order chi connectivity index (χ1) is 13.9. The maximum atomic E-state index is 13.1. The van der Waals surface area contributed by atoms with Crippen LogP contribution in [0, 0.1) is 5.82 Å². The first-order valence-electron chi connectivity index (χ1n) is 8.59. The van der Waals surface area contributed by atoms with Gasteiger partial charge in [0, 0.05) is 17.5 Å². The SMILES string of the molecule is Nc1c(C(=O)NCc2ccc(Cl)c(Cl)c2)sc2nc(-c3ccc(F)cc3)ccc12. The molecule has 0 fully saturated rings. The Morgan fingerprint density at radius 1 is 1.07 bits per heavy atom. The van der Waals surface area contributed by atoms with Crippen LogP contribution in [0.4, 0.5) is 10.1 Å². The predicted octanol–water partition coefficient (Wildman–Crippen LogP) is 5.92. The van der Waals surface area contributed by atoms with Crippen LogP contribution >= 0.6 is 34.5 Å². The summed E-state index contributed by atoms with van der Waals surface area (Å²) in [4.78, 5) is 18.3. The van der Waals surface area contributed by atoms with Crippen molar-refractivity contribution >= 4 is 56.3 Å². The second-order valence-electron chi connectivity index (χ2n) is 6.33. The van der Waals surface area contributed by atoms with E-state index >= 15 is 0 Å². The number of hydrogen-bond acceptors (Lipinski definition) is 4. The smallest absolute Gasteiger partial charge is 0.263 e. The van der Waals surface area contributed by atoms with Gasteiger partial charge in [0.25, 0.3) is 5.91 Å². The second kappa shape index (κ2) is 7.99. The third kappa shape index (κ3) is 4.05. The number of benzene rings is 2. The average Bonchev–Trinajstić information content (AvgIpc) is 3.05. The van der Waals surface area contributed by atoms with Crippen LogP contribution in [-0.4, -0.2) is 10.9 Å². The zero-order valence-electron chi connectivity index (χ0n) is 14.9. The van der Waals surface area contributed by atoms with Gasteiger partial charge in [-0.05, 0) is 54.1 Å². The van der Waals surface area contributed by atoms with Crippen LogP contribution in [0.1, 0.15) is 15.2 Å². The topological polar surface area (TPSA) is 68.0 Å². The molecule has 0 bridgehead atoms. The second-order valence-corrected chi connectivity index (χ2v) is 8.15. The Bertz CT molecular complexity index is 1220.